The Hall–Kier alpha value is -0.340. The number of halogens is 1. The highest BCUT2D eigenvalue weighted by molar-refractivity contribution is 14.0. The Morgan fingerprint density at radius 2 is 1.92 bits per heavy atom. The second-order valence-corrected chi connectivity index (χ2v) is 8.70. The van der Waals surface area contributed by atoms with Crippen LogP contribution in [0.3, 0.4) is 0 Å². The standard InChI is InChI=1S/C20H34N4S.HI/c1-3-21-20(24-12-6-17(2)7-13-24)22-15-18-8-10-23(11-9-18)16-19-5-4-14-25-19;/h4-5,14,17-18H,3,6-13,15-16H2,1-2H3,(H,21,22);1H. The summed E-state index contributed by atoms with van der Waals surface area (Å²) in [7, 11) is 0. The first-order valence-corrected chi connectivity index (χ1v) is 10.9. The van der Waals surface area contributed by atoms with Gasteiger partial charge in [0.2, 0.25) is 0 Å². The minimum absolute atomic E-state index is 0. The first-order valence-electron chi connectivity index (χ1n) is 10.0. The number of rotatable bonds is 5. The summed E-state index contributed by atoms with van der Waals surface area (Å²) in [5.41, 5.74) is 0. The van der Waals surface area contributed by atoms with Crippen LogP contribution in [0.25, 0.3) is 0 Å². The Labute approximate surface area is 180 Å². The van der Waals surface area contributed by atoms with Crippen molar-refractivity contribution in [3.05, 3.63) is 22.4 Å². The molecule has 6 heteroatoms. The second kappa shape index (κ2) is 11.5. The van der Waals surface area contributed by atoms with Gasteiger partial charge in [-0.2, -0.15) is 0 Å². The second-order valence-electron chi connectivity index (χ2n) is 7.66. The van der Waals surface area contributed by atoms with Crippen molar-refractivity contribution in [2.24, 2.45) is 16.8 Å². The molecule has 0 bridgehead atoms. The van der Waals surface area contributed by atoms with Gasteiger partial charge in [0, 0.05) is 37.6 Å². The van der Waals surface area contributed by atoms with E-state index in [-0.39, 0.29) is 24.0 Å². The quantitative estimate of drug-likeness (QED) is 0.380. The van der Waals surface area contributed by atoms with Crippen molar-refractivity contribution in [1.82, 2.24) is 15.1 Å². The van der Waals surface area contributed by atoms with Gasteiger partial charge < -0.3 is 10.2 Å². The van der Waals surface area contributed by atoms with E-state index in [1.165, 1.54) is 43.6 Å². The molecule has 3 rings (SSSR count). The molecule has 2 fully saturated rings. The van der Waals surface area contributed by atoms with E-state index in [1.807, 2.05) is 11.3 Å². The van der Waals surface area contributed by atoms with Crippen molar-refractivity contribution in [2.75, 3.05) is 39.3 Å². The summed E-state index contributed by atoms with van der Waals surface area (Å²) in [6, 6.07) is 4.41. The van der Waals surface area contributed by atoms with Gasteiger partial charge in [-0.3, -0.25) is 9.89 Å². The Bertz CT molecular complexity index is 518. The van der Waals surface area contributed by atoms with E-state index in [0.29, 0.717) is 0 Å². The van der Waals surface area contributed by atoms with Crippen LogP contribution < -0.4 is 5.32 Å². The van der Waals surface area contributed by atoms with Crippen molar-refractivity contribution in [3.8, 4) is 0 Å². The van der Waals surface area contributed by atoms with Crippen molar-refractivity contribution in [3.63, 3.8) is 0 Å². The Balaban J connectivity index is 0.00000243. The summed E-state index contributed by atoms with van der Waals surface area (Å²) in [5, 5.41) is 5.69. The number of piperidine rings is 2. The first kappa shape index (κ1) is 22.0. The minimum atomic E-state index is 0. The molecule has 0 spiro atoms. The van der Waals surface area contributed by atoms with E-state index in [1.54, 1.807) is 0 Å². The highest BCUT2D eigenvalue weighted by atomic mass is 127. The van der Waals surface area contributed by atoms with Crippen LogP contribution in [0.4, 0.5) is 0 Å². The number of thiophene rings is 1. The van der Waals surface area contributed by atoms with Crippen LogP contribution in [0.1, 0.15) is 44.4 Å². The van der Waals surface area contributed by atoms with Gasteiger partial charge >= 0.3 is 0 Å². The molecule has 1 aromatic rings. The van der Waals surface area contributed by atoms with Gasteiger partial charge in [-0.05, 0) is 69.0 Å². The van der Waals surface area contributed by atoms with E-state index in [2.05, 4.69) is 46.5 Å². The van der Waals surface area contributed by atoms with Crippen molar-refractivity contribution < 1.29 is 0 Å². The van der Waals surface area contributed by atoms with Crippen LogP contribution in [-0.4, -0.2) is 55.0 Å². The number of nitrogens with zero attached hydrogens (tertiary/aromatic N) is 3. The fourth-order valence-corrected chi connectivity index (χ4v) is 4.56. The summed E-state index contributed by atoms with van der Waals surface area (Å²) >= 11 is 1.88. The number of hydrogen-bond acceptors (Lipinski definition) is 3. The average Bonchev–Trinajstić information content (AvgIpc) is 3.14. The van der Waals surface area contributed by atoms with Crippen LogP contribution in [-0.2, 0) is 6.54 Å². The molecule has 1 aromatic heterocycles. The molecule has 0 unspecified atom stereocenters. The molecule has 0 amide bonds. The smallest absolute Gasteiger partial charge is 0.193 e. The predicted octanol–water partition coefficient (Wildman–Crippen LogP) is 4.28. The molecule has 2 aliphatic rings. The van der Waals surface area contributed by atoms with E-state index >= 15 is 0 Å². The highest BCUT2D eigenvalue weighted by Gasteiger charge is 2.21. The SMILES string of the molecule is CCNC(=NCC1CCN(Cc2cccs2)CC1)N1CCC(C)CC1.I. The molecule has 26 heavy (non-hydrogen) atoms. The largest absolute Gasteiger partial charge is 0.357 e. The Morgan fingerprint density at radius 1 is 1.19 bits per heavy atom. The van der Waals surface area contributed by atoms with Crippen LogP contribution in [0.2, 0.25) is 0 Å². The van der Waals surface area contributed by atoms with Crippen LogP contribution in [0.15, 0.2) is 22.5 Å². The van der Waals surface area contributed by atoms with Crippen molar-refractivity contribution >= 4 is 41.3 Å². The number of nitrogens with one attached hydrogen (secondary N) is 1. The van der Waals surface area contributed by atoms with E-state index < -0.39 is 0 Å². The molecule has 0 aliphatic carbocycles. The lowest BCUT2D eigenvalue weighted by Crippen LogP contribution is -2.45. The maximum atomic E-state index is 5.00. The lowest BCUT2D eigenvalue weighted by Gasteiger charge is -2.34. The molecule has 2 saturated heterocycles. The number of aliphatic imine (C=N–C) groups is 1. The maximum absolute atomic E-state index is 5.00. The van der Waals surface area contributed by atoms with Gasteiger partial charge in [-0.1, -0.05) is 13.0 Å². The van der Waals surface area contributed by atoms with Crippen LogP contribution in [0, 0.1) is 11.8 Å². The van der Waals surface area contributed by atoms with Gasteiger partial charge in [0.05, 0.1) is 0 Å². The predicted molar refractivity (Wildman–Crippen MR) is 124 cm³/mol. The van der Waals surface area contributed by atoms with Gasteiger partial charge in [-0.25, -0.2) is 0 Å². The summed E-state index contributed by atoms with van der Waals surface area (Å²) in [6.07, 6.45) is 5.16. The molecule has 4 nitrogen and oxygen atoms in total. The zero-order valence-corrected chi connectivity index (χ0v) is 19.5. The minimum Gasteiger partial charge on any atom is -0.357 e. The number of likely N-dealkylation sites (tertiary alicyclic amines) is 2. The van der Waals surface area contributed by atoms with Crippen molar-refractivity contribution in [1.29, 1.82) is 0 Å². The van der Waals surface area contributed by atoms with Crippen LogP contribution in [0.5, 0.6) is 0 Å². The zero-order chi connectivity index (χ0) is 17.5. The van der Waals surface area contributed by atoms with E-state index in [9.17, 15) is 0 Å². The molecule has 0 atom stereocenters. The molecule has 148 valence electrons. The maximum Gasteiger partial charge on any atom is 0.193 e. The molecule has 0 saturated carbocycles. The van der Waals surface area contributed by atoms with Crippen molar-refractivity contribution in [2.45, 2.75) is 46.1 Å². The Morgan fingerprint density at radius 3 is 2.54 bits per heavy atom. The summed E-state index contributed by atoms with van der Waals surface area (Å²) in [4.78, 5) is 11.6. The molecular weight excluding hydrogens is 455 g/mol. The fourth-order valence-electron chi connectivity index (χ4n) is 3.81. The third kappa shape index (κ3) is 6.68. The van der Waals surface area contributed by atoms with E-state index in [4.69, 9.17) is 4.99 Å². The summed E-state index contributed by atoms with van der Waals surface area (Å²) in [5.74, 6) is 2.76. The van der Waals surface area contributed by atoms with Gasteiger partial charge in [-0.15, -0.1) is 35.3 Å². The molecule has 3 heterocycles. The lowest BCUT2D eigenvalue weighted by atomic mass is 9.97. The van der Waals surface area contributed by atoms with Gasteiger partial charge in [0.25, 0.3) is 0 Å². The number of hydrogen-bond donors (Lipinski definition) is 1. The Kier molecular flexibility index (Phi) is 9.70. The molecule has 0 aromatic carbocycles. The third-order valence-electron chi connectivity index (χ3n) is 5.58. The fraction of sp³-hybridized carbons (Fsp3) is 0.750. The lowest BCUT2D eigenvalue weighted by molar-refractivity contribution is 0.181. The average molecular weight is 490 g/mol. The molecule has 2 aliphatic heterocycles. The topological polar surface area (TPSA) is 30.9 Å². The summed E-state index contributed by atoms with van der Waals surface area (Å²) in [6.45, 7) is 12.4. The van der Waals surface area contributed by atoms with E-state index in [0.717, 1.165) is 50.5 Å². The first-order chi connectivity index (χ1) is 12.2. The zero-order valence-electron chi connectivity index (χ0n) is 16.3. The molecular formula is C20H35IN4S. The molecule has 0 radical (unpaired) electrons. The number of guanidine groups is 1. The monoisotopic (exact) mass is 490 g/mol. The van der Waals surface area contributed by atoms with Crippen LogP contribution >= 0.6 is 35.3 Å². The van der Waals surface area contributed by atoms with Gasteiger partial charge in [0.1, 0.15) is 0 Å². The summed E-state index contributed by atoms with van der Waals surface area (Å²) < 4.78 is 0. The van der Waals surface area contributed by atoms with Gasteiger partial charge in [0.15, 0.2) is 5.96 Å². The third-order valence-corrected chi connectivity index (χ3v) is 6.45. The highest BCUT2D eigenvalue weighted by Crippen LogP contribution is 2.21. The molecule has 1 N–H and O–H groups in total. The normalized spacial score (nSPS) is 20.8.